The predicted octanol–water partition coefficient (Wildman–Crippen LogP) is 2.84. The number of carbonyl (C=O) groups excluding carboxylic acids is 3. The van der Waals surface area contributed by atoms with Crippen molar-refractivity contribution in [3.63, 3.8) is 0 Å². The Morgan fingerprint density at radius 1 is 1.13 bits per heavy atom. The number of anilines is 1. The Labute approximate surface area is 188 Å². The second-order valence-electron chi connectivity index (χ2n) is 6.52. The van der Waals surface area contributed by atoms with Crippen molar-refractivity contribution in [2.75, 3.05) is 18.5 Å². The number of rotatable bonds is 8. The van der Waals surface area contributed by atoms with Crippen LogP contribution in [-0.4, -0.2) is 37.1 Å². The van der Waals surface area contributed by atoms with Gasteiger partial charge in [-0.15, -0.1) is 6.58 Å². The van der Waals surface area contributed by atoms with E-state index in [1.165, 1.54) is 12.3 Å². The third kappa shape index (κ3) is 7.71. The number of hydrazone groups is 1. The maximum absolute atomic E-state index is 12.3. The van der Waals surface area contributed by atoms with Crippen molar-refractivity contribution in [3.8, 4) is 5.75 Å². The fourth-order valence-corrected chi connectivity index (χ4v) is 3.26. The van der Waals surface area contributed by atoms with Crippen LogP contribution in [0.1, 0.15) is 16.7 Å². The lowest BCUT2D eigenvalue weighted by Gasteiger charge is -2.13. The predicted molar refractivity (Wildman–Crippen MR) is 123 cm³/mol. The van der Waals surface area contributed by atoms with Gasteiger partial charge >= 0.3 is 11.8 Å². The third-order valence-electron chi connectivity index (χ3n) is 3.98. The molecule has 8 nitrogen and oxygen atoms in total. The van der Waals surface area contributed by atoms with Crippen molar-refractivity contribution in [3.05, 3.63) is 70.2 Å². The first-order valence-corrected chi connectivity index (χ1v) is 10.1. The molecule has 2 rings (SSSR count). The van der Waals surface area contributed by atoms with Gasteiger partial charge in [0.15, 0.2) is 6.61 Å². The van der Waals surface area contributed by atoms with Crippen LogP contribution in [-0.2, 0) is 14.4 Å². The van der Waals surface area contributed by atoms with Crippen molar-refractivity contribution < 1.29 is 19.1 Å². The number of halogens is 1. The fourth-order valence-electron chi connectivity index (χ4n) is 2.58. The molecule has 9 heteroatoms. The van der Waals surface area contributed by atoms with Gasteiger partial charge in [0, 0.05) is 16.7 Å². The van der Waals surface area contributed by atoms with Crippen LogP contribution < -0.4 is 20.8 Å². The van der Waals surface area contributed by atoms with Gasteiger partial charge in [-0.05, 0) is 54.8 Å². The van der Waals surface area contributed by atoms with Crippen LogP contribution in [0.3, 0.4) is 0 Å². The zero-order valence-corrected chi connectivity index (χ0v) is 18.8. The summed E-state index contributed by atoms with van der Waals surface area (Å²) in [6, 6.07) is 10.6. The minimum Gasteiger partial charge on any atom is -0.484 e. The Morgan fingerprint density at radius 2 is 1.84 bits per heavy atom. The molecular formula is C22H23BrN4O4. The van der Waals surface area contributed by atoms with Crippen molar-refractivity contribution in [1.82, 2.24) is 10.7 Å². The summed E-state index contributed by atoms with van der Waals surface area (Å²) in [4.78, 5) is 35.3. The number of benzene rings is 2. The monoisotopic (exact) mass is 486 g/mol. The van der Waals surface area contributed by atoms with Crippen molar-refractivity contribution in [2.24, 2.45) is 5.10 Å². The minimum atomic E-state index is -0.888. The van der Waals surface area contributed by atoms with Gasteiger partial charge in [-0.1, -0.05) is 34.1 Å². The number of nitrogens with one attached hydrogen (secondary N) is 3. The van der Waals surface area contributed by atoms with Gasteiger partial charge in [0.1, 0.15) is 5.75 Å². The van der Waals surface area contributed by atoms with Gasteiger partial charge in [-0.3, -0.25) is 14.4 Å². The summed E-state index contributed by atoms with van der Waals surface area (Å²) in [5.41, 5.74) is 5.38. The highest BCUT2D eigenvalue weighted by Gasteiger charge is 2.11. The molecule has 0 radical (unpaired) electrons. The highest BCUT2D eigenvalue weighted by molar-refractivity contribution is 9.10. The van der Waals surface area contributed by atoms with Gasteiger partial charge in [0.2, 0.25) is 0 Å². The maximum atomic E-state index is 12.3. The smallest absolute Gasteiger partial charge is 0.329 e. The molecule has 0 aliphatic rings. The van der Waals surface area contributed by atoms with Crippen molar-refractivity contribution >= 4 is 45.6 Å². The van der Waals surface area contributed by atoms with Gasteiger partial charge in [-0.25, -0.2) is 5.43 Å². The molecule has 0 bridgehead atoms. The Balaban J connectivity index is 1.89. The Hall–Kier alpha value is -3.46. The molecule has 3 amide bonds. The summed E-state index contributed by atoms with van der Waals surface area (Å²) < 4.78 is 6.50. The number of hydrogen-bond acceptors (Lipinski definition) is 5. The van der Waals surface area contributed by atoms with Crippen molar-refractivity contribution in [1.29, 1.82) is 0 Å². The molecule has 0 saturated heterocycles. The molecule has 0 heterocycles. The quantitative estimate of drug-likeness (QED) is 0.230. The first-order chi connectivity index (χ1) is 14.8. The zero-order valence-electron chi connectivity index (χ0n) is 17.2. The molecule has 2 aromatic carbocycles. The van der Waals surface area contributed by atoms with Gasteiger partial charge in [-0.2, -0.15) is 5.10 Å². The summed E-state index contributed by atoms with van der Waals surface area (Å²) in [6.45, 7) is 7.29. The molecule has 0 saturated carbocycles. The second-order valence-corrected chi connectivity index (χ2v) is 7.44. The van der Waals surface area contributed by atoms with Gasteiger partial charge < -0.3 is 15.4 Å². The lowest BCUT2D eigenvalue weighted by molar-refractivity contribution is -0.139. The average Bonchev–Trinajstić information content (AvgIpc) is 2.73. The fraction of sp³-hybridized carbons (Fsp3) is 0.182. The number of nitrogens with zero attached hydrogens (tertiary/aromatic N) is 1. The summed E-state index contributed by atoms with van der Waals surface area (Å²) >= 11 is 3.43. The molecule has 0 unspecified atom stereocenters. The van der Waals surface area contributed by atoms with E-state index < -0.39 is 11.8 Å². The van der Waals surface area contributed by atoms with Crippen LogP contribution in [0, 0.1) is 13.8 Å². The molecule has 0 aliphatic carbocycles. The van der Waals surface area contributed by atoms with E-state index in [4.69, 9.17) is 4.74 Å². The van der Waals surface area contributed by atoms with E-state index in [-0.39, 0.29) is 19.1 Å². The highest BCUT2D eigenvalue weighted by atomic mass is 79.9. The van der Waals surface area contributed by atoms with Crippen LogP contribution >= 0.6 is 15.9 Å². The third-order valence-corrected chi connectivity index (χ3v) is 4.44. The summed E-state index contributed by atoms with van der Waals surface area (Å²) in [5, 5.41) is 8.94. The summed E-state index contributed by atoms with van der Waals surface area (Å²) in [5.74, 6) is -1.53. The SMILES string of the molecule is C=CCNC(=O)C(=O)N/N=C\c1cccc(OCC(=O)Nc2c(C)cc(Br)cc2C)c1. The molecule has 0 aromatic heterocycles. The Morgan fingerprint density at radius 3 is 2.52 bits per heavy atom. The topological polar surface area (TPSA) is 109 Å². The first-order valence-electron chi connectivity index (χ1n) is 9.31. The standard InChI is InChI=1S/C22H23BrN4O4/c1-4-8-24-21(29)22(30)27-25-12-16-6-5-7-18(11-16)31-13-19(28)26-20-14(2)9-17(23)10-15(20)3/h4-7,9-12H,1,8,13H2,2-3H3,(H,24,29)(H,26,28)(H,27,30)/b25-12-. The van der Waals surface area contributed by atoms with Crippen LogP contribution in [0.5, 0.6) is 5.75 Å². The lowest BCUT2D eigenvalue weighted by atomic mass is 10.1. The number of ether oxygens (including phenoxy) is 1. The van der Waals surface area contributed by atoms with E-state index in [1.807, 2.05) is 26.0 Å². The molecular weight excluding hydrogens is 464 g/mol. The van der Waals surface area contributed by atoms with Crippen LogP contribution in [0.2, 0.25) is 0 Å². The van der Waals surface area contributed by atoms with Crippen LogP contribution in [0.15, 0.2) is 58.6 Å². The van der Waals surface area contributed by atoms with Gasteiger partial charge in [0.25, 0.3) is 5.91 Å². The average molecular weight is 487 g/mol. The van der Waals surface area contributed by atoms with E-state index >= 15 is 0 Å². The molecule has 0 spiro atoms. The molecule has 3 N–H and O–H groups in total. The number of hydrogen-bond donors (Lipinski definition) is 3. The molecule has 2 aromatic rings. The Bertz CT molecular complexity index is 997. The normalized spacial score (nSPS) is 10.4. The number of amides is 3. The molecule has 0 atom stereocenters. The highest BCUT2D eigenvalue weighted by Crippen LogP contribution is 2.25. The van der Waals surface area contributed by atoms with Gasteiger partial charge in [0.05, 0.1) is 6.21 Å². The number of carbonyl (C=O) groups is 3. The molecule has 0 fully saturated rings. The van der Waals surface area contributed by atoms with Crippen molar-refractivity contribution in [2.45, 2.75) is 13.8 Å². The van der Waals surface area contributed by atoms with E-state index in [9.17, 15) is 14.4 Å². The molecule has 162 valence electrons. The van der Waals surface area contributed by atoms with E-state index in [1.54, 1.807) is 24.3 Å². The molecule has 0 aliphatic heterocycles. The summed E-state index contributed by atoms with van der Waals surface area (Å²) in [7, 11) is 0. The largest absolute Gasteiger partial charge is 0.484 e. The van der Waals surface area contributed by atoms with E-state index in [2.05, 4.69) is 43.7 Å². The number of aryl methyl sites for hydroxylation is 2. The second kappa shape index (κ2) is 11.7. The van der Waals surface area contributed by atoms with E-state index in [0.29, 0.717) is 11.3 Å². The van der Waals surface area contributed by atoms with Crippen LogP contribution in [0.4, 0.5) is 5.69 Å². The van der Waals surface area contributed by atoms with Crippen LogP contribution in [0.25, 0.3) is 0 Å². The maximum Gasteiger partial charge on any atom is 0.329 e. The Kier molecular flexibility index (Phi) is 8.95. The zero-order chi connectivity index (χ0) is 22.8. The first kappa shape index (κ1) is 23.8. The lowest BCUT2D eigenvalue weighted by Crippen LogP contribution is -2.37. The minimum absolute atomic E-state index is 0.171. The van der Waals surface area contributed by atoms with E-state index in [0.717, 1.165) is 21.3 Å². The molecule has 31 heavy (non-hydrogen) atoms. The summed E-state index contributed by atoms with van der Waals surface area (Å²) in [6.07, 6.45) is 2.82.